The number of benzene rings is 3. The first-order valence-electron chi connectivity index (χ1n) is 47.2. The Hall–Kier alpha value is -9.14. The van der Waals surface area contributed by atoms with Crippen molar-refractivity contribution < 1.29 is 28.0 Å². The number of nitrogens with one attached hydrogen (secondary N) is 3. The van der Waals surface area contributed by atoms with Crippen LogP contribution in [0.1, 0.15) is 391 Å². The average molecular weight is 1880 g/mol. The number of rotatable bonds is 9. The molecule has 0 unspecified atom stereocenters. The average Bonchev–Trinajstić information content (AvgIpc) is 1.67. The first-order chi connectivity index (χ1) is 62.2. The maximum atomic E-state index is 11.0. The van der Waals surface area contributed by atoms with Gasteiger partial charge >= 0.3 is 17.7 Å². The van der Waals surface area contributed by atoms with Crippen LogP contribution in [0.15, 0.2) is 146 Å². The van der Waals surface area contributed by atoms with Crippen LogP contribution in [-0.4, -0.2) is 75.0 Å². The zero-order valence-electron chi connectivity index (χ0n) is 85.0. The molecule has 3 aromatic carbocycles. The summed E-state index contributed by atoms with van der Waals surface area (Å²) in [5, 5.41) is 11.8. The Morgan fingerprint density at radius 3 is 1.53 bits per heavy atom. The molecule has 15 heterocycles. The Morgan fingerprint density at radius 2 is 0.938 bits per heavy atom. The van der Waals surface area contributed by atoms with Crippen molar-refractivity contribution >= 4 is 122 Å². The summed E-state index contributed by atoms with van der Waals surface area (Å²) in [7, 11) is 0. The molecule has 0 aliphatic carbocycles. The molecule has 0 atom stereocenters. The van der Waals surface area contributed by atoms with Gasteiger partial charge in [-0.3, -0.25) is 24.5 Å². The highest BCUT2D eigenvalue weighted by molar-refractivity contribution is 7.17. The summed E-state index contributed by atoms with van der Waals surface area (Å²) < 4.78 is 22.7. The van der Waals surface area contributed by atoms with Gasteiger partial charge in [0.1, 0.15) is 16.1 Å². The molecule has 130 heavy (non-hydrogen) atoms. The van der Waals surface area contributed by atoms with E-state index in [-0.39, 0.29) is 19.4 Å². The highest BCUT2D eigenvalue weighted by Crippen LogP contribution is 2.35. The zero-order valence-corrected chi connectivity index (χ0v) is 89.1. The number of fused-ring (bicyclic) bond motifs is 9. The van der Waals surface area contributed by atoms with Gasteiger partial charge in [0, 0.05) is 87.6 Å². The fourth-order valence-corrected chi connectivity index (χ4v) is 16.3. The summed E-state index contributed by atoms with van der Waals surface area (Å²) in [5.41, 5.74) is 24.7. The van der Waals surface area contributed by atoms with Crippen molar-refractivity contribution in [1.29, 1.82) is 0 Å². The first-order valence-corrected chi connectivity index (χ1v) is 51.5. The number of H-pyrrole nitrogens is 1. The smallest absolute Gasteiger partial charge is 0.418 e. The molecule has 0 fully saturated rings. The van der Waals surface area contributed by atoms with Gasteiger partial charge in [0.2, 0.25) is 0 Å². The molecule has 0 spiro atoms. The molecule has 0 amide bonds. The van der Waals surface area contributed by atoms with E-state index < -0.39 is 5.76 Å². The molecular formula is C106H162N12O7S5. The minimum atomic E-state index is -0.455. The monoisotopic (exact) mass is 1880 g/mol. The molecule has 11 aromatic heterocycles. The molecule has 4 aliphatic rings. The second-order valence-electron chi connectivity index (χ2n) is 30.3. The second-order valence-corrected chi connectivity index (χ2v) is 35.1. The van der Waals surface area contributed by atoms with E-state index in [0.29, 0.717) is 83.1 Å². The fourth-order valence-electron chi connectivity index (χ4n) is 11.9. The largest absolute Gasteiger partial charge is 0.426 e. The summed E-state index contributed by atoms with van der Waals surface area (Å²) in [5.74, 6) is 5.29. The minimum Gasteiger partial charge on any atom is -0.426 e. The highest BCUT2D eigenvalue weighted by atomic mass is 32.1. The van der Waals surface area contributed by atoms with Crippen LogP contribution < -0.4 is 25.9 Å². The molecule has 0 radical (unpaired) electrons. The number of carbonyl (C=O) groups is 2. The number of esters is 2. The standard InChI is InChI=1S/C11H12O2.C10H11NO2.C10H15NS.2C10H11NS.C9H10N2O2.C9H10N2O.C9H14N2S.C9H10N2S.9C2H6.CH4/c1-7(2)8-3-4-10-9(5-8)6-11(12)13-10;1-6(2)7-3-4-11-8-5-9(12)13-10(7)8;1-7(2)9-5-8-3-4-11-6-10(8)12-9;1-7(2)8-3-4-10-9(5-8)11-6-12-10;1-7(2)8-3-4-9-10(5-8)12-6-11-9;1-5(2)6-3-7-8(10-4-6)11-9(12)13-7;1-6(2)7-3-4-10-8-5-11-12-9(7)8;1-6(2)9-11-7-3-4-10-5-8(7)12-9;1-6(2)7-3-4-8-9(11-7)12-5-10-8;9*1-2;/h3-5,7H,6H2,1-2H3;3-4,6H,5H2,1-2H3;5,7,11H,3-4,6H2,1-2H3;2*3-7H,1-2H3;3-5H,1-2H3,(H,10,11,12);3-6H,1-2H3;6,10H,3-5H2,1-2H3;3-6H,1-2H3;9*1-2H3;1H4. The molecule has 0 saturated heterocycles. The lowest BCUT2D eigenvalue weighted by molar-refractivity contribution is -0.132. The Bertz CT molecular complexity index is 5130. The van der Waals surface area contributed by atoms with Crippen molar-refractivity contribution in [1.82, 2.24) is 60.6 Å². The van der Waals surface area contributed by atoms with Gasteiger partial charge in [0.15, 0.2) is 22.6 Å². The van der Waals surface area contributed by atoms with Crippen LogP contribution in [0, 0.1) is 0 Å². The number of carbonyl (C=O) groups excluding carboxylic acids is 2. The molecule has 3 N–H and O–H groups in total. The first kappa shape index (κ1) is 121. The lowest BCUT2D eigenvalue weighted by Crippen LogP contribution is -2.22. The van der Waals surface area contributed by atoms with Crippen molar-refractivity contribution in [2.45, 2.75) is 349 Å². The number of thiazole rings is 4. The third-order valence-electron chi connectivity index (χ3n) is 18.6. The SMILES string of the molecule is C.CC.CC.CC.CC.CC.CC.CC.CC.CC.CC(C)c1cc2c(s1)CNCC2.CC(C)c1ccc2c(c1)CC(=O)O2.CC(C)c1ccc2ncsc2c1.CC(C)c1ccc2ncsc2n1.CC(C)c1ccc2scnc2c1.CC(C)c1ccnc2c1OC(=O)C2.CC(C)c1ccnc2cnoc12.CC(C)c1cnc2[nH]c(=O)oc2c1.CC(C)c1nc2c(s1)CNCC2. The van der Waals surface area contributed by atoms with E-state index in [2.05, 4.69) is 234 Å². The van der Waals surface area contributed by atoms with Gasteiger partial charge in [0.25, 0.3) is 0 Å². The number of pyridine rings is 4. The van der Waals surface area contributed by atoms with Gasteiger partial charge in [-0.1, -0.05) is 286 Å². The third-order valence-corrected chi connectivity index (χ3v) is 23.9. The van der Waals surface area contributed by atoms with E-state index in [1.54, 1.807) is 74.1 Å². The topological polar surface area (TPSA) is 252 Å². The van der Waals surface area contributed by atoms with Crippen molar-refractivity contribution in [2.24, 2.45) is 0 Å². The second kappa shape index (κ2) is 67.1. The van der Waals surface area contributed by atoms with Crippen molar-refractivity contribution in [3.63, 3.8) is 0 Å². The number of hydrogen-bond acceptors (Lipinski definition) is 23. The van der Waals surface area contributed by atoms with Gasteiger partial charge in [-0.15, -0.1) is 56.7 Å². The quantitative estimate of drug-likeness (QED) is 0.0897. The number of hydrogen-bond donors (Lipinski definition) is 3. The summed E-state index contributed by atoms with van der Waals surface area (Å²) in [4.78, 5) is 75.0. The molecule has 19 nitrogen and oxygen atoms in total. The molecule has 0 bridgehead atoms. The number of ether oxygens (including phenoxy) is 2. The molecule has 0 saturated carbocycles. The van der Waals surface area contributed by atoms with Crippen LogP contribution in [0.25, 0.3) is 53.1 Å². The molecule has 718 valence electrons. The van der Waals surface area contributed by atoms with Gasteiger partial charge in [-0.2, -0.15) is 0 Å². The maximum Gasteiger partial charge on any atom is 0.418 e. The van der Waals surface area contributed by atoms with E-state index in [9.17, 15) is 14.4 Å². The van der Waals surface area contributed by atoms with Crippen LogP contribution in [0.3, 0.4) is 0 Å². The summed E-state index contributed by atoms with van der Waals surface area (Å²) in [6.45, 7) is 79.2. The molecule has 14 aromatic rings. The van der Waals surface area contributed by atoms with Crippen molar-refractivity contribution in [2.75, 3.05) is 13.1 Å². The highest BCUT2D eigenvalue weighted by Gasteiger charge is 2.26. The summed E-state index contributed by atoms with van der Waals surface area (Å²) >= 11 is 8.85. The normalized spacial score (nSPS) is 11.7. The minimum absolute atomic E-state index is 0. The lowest BCUT2D eigenvalue weighted by atomic mass is 10.00. The van der Waals surface area contributed by atoms with E-state index in [0.717, 1.165) is 104 Å². The molecule has 18 rings (SSSR count). The number of oxazole rings is 1. The van der Waals surface area contributed by atoms with E-state index in [4.69, 9.17) is 18.4 Å². The third kappa shape index (κ3) is 39.0. The predicted molar refractivity (Wildman–Crippen MR) is 565 cm³/mol. The lowest BCUT2D eigenvalue weighted by Gasteiger charge is -2.10. The summed E-state index contributed by atoms with van der Waals surface area (Å²) in [6.07, 6.45) is 9.98. The van der Waals surface area contributed by atoms with Crippen LogP contribution in [-0.2, 0) is 48.4 Å². The predicted octanol–water partition coefficient (Wildman–Crippen LogP) is 31.9. The summed E-state index contributed by atoms with van der Waals surface area (Å²) in [6, 6.07) is 31.2. The van der Waals surface area contributed by atoms with Gasteiger partial charge in [0.05, 0.1) is 77.9 Å². The van der Waals surface area contributed by atoms with Crippen LogP contribution in [0.4, 0.5) is 0 Å². The van der Waals surface area contributed by atoms with Gasteiger partial charge < -0.3 is 29.0 Å². The Morgan fingerprint density at radius 1 is 0.400 bits per heavy atom. The van der Waals surface area contributed by atoms with Gasteiger partial charge in [-0.05, 0) is 155 Å². The van der Waals surface area contributed by atoms with E-state index >= 15 is 0 Å². The number of aromatic amines is 1. The Labute approximate surface area is 802 Å². The number of nitrogens with zero attached hydrogens (tertiary/aromatic N) is 9. The number of thiophene rings is 1. The van der Waals surface area contributed by atoms with Crippen LogP contribution in [0.5, 0.6) is 11.5 Å². The molecular weight excluding hydrogens is 1710 g/mol. The van der Waals surface area contributed by atoms with Crippen LogP contribution >= 0.6 is 56.7 Å². The van der Waals surface area contributed by atoms with E-state index in [1.165, 1.54) is 48.1 Å². The van der Waals surface area contributed by atoms with Gasteiger partial charge in [-0.25, -0.2) is 34.7 Å². The zero-order chi connectivity index (χ0) is 97.6. The van der Waals surface area contributed by atoms with Crippen LogP contribution in [0.2, 0.25) is 0 Å². The fraction of sp³-hybridized carbons (Fsp3) is 0.509. The maximum absolute atomic E-state index is 11.0. The Kier molecular flexibility index (Phi) is 62.4. The number of aromatic nitrogens is 10. The molecule has 24 heteroatoms. The van der Waals surface area contributed by atoms with Crippen molar-refractivity contribution in [3.05, 3.63) is 224 Å². The molecule has 4 aliphatic heterocycles. The Balaban J connectivity index is 0.00000141. The van der Waals surface area contributed by atoms with Crippen molar-refractivity contribution in [3.8, 4) is 11.5 Å². The van der Waals surface area contributed by atoms with E-state index in [1.807, 2.05) is 206 Å².